The summed E-state index contributed by atoms with van der Waals surface area (Å²) in [6.07, 6.45) is 8.12. The highest BCUT2D eigenvalue weighted by atomic mass is 16.4. The quantitative estimate of drug-likeness (QED) is 0.808. The molecule has 1 saturated heterocycles. The molecule has 0 spiro atoms. The van der Waals surface area contributed by atoms with Crippen LogP contribution in [0.1, 0.15) is 25.7 Å². The van der Waals surface area contributed by atoms with Crippen LogP contribution in [0.15, 0.2) is 18.5 Å². The van der Waals surface area contributed by atoms with E-state index in [1.54, 1.807) is 6.20 Å². The molecule has 1 aliphatic rings. The van der Waals surface area contributed by atoms with E-state index in [9.17, 15) is 4.79 Å². The average Bonchev–Trinajstić information content (AvgIpc) is 2.90. The molecule has 5 nitrogen and oxygen atoms in total. The molecule has 0 aliphatic carbocycles. The number of hydrogen-bond donors (Lipinski definition) is 1. The van der Waals surface area contributed by atoms with Gasteiger partial charge in [-0.1, -0.05) is 0 Å². The number of likely N-dealkylation sites (tertiary alicyclic amines) is 1. The van der Waals surface area contributed by atoms with Crippen molar-refractivity contribution in [3.05, 3.63) is 18.5 Å². The zero-order valence-corrected chi connectivity index (χ0v) is 9.96. The van der Waals surface area contributed by atoms with Gasteiger partial charge in [0.05, 0.1) is 6.54 Å². The fraction of sp³-hybridized carbons (Fsp3) is 0.667. The first-order valence-electron chi connectivity index (χ1n) is 6.19. The van der Waals surface area contributed by atoms with Crippen LogP contribution in [0.25, 0.3) is 0 Å². The summed E-state index contributed by atoms with van der Waals surface area (Å²) < 4.78 is 1.93. The molecule has 1 aliphatic heterocycles. The Balaban J connectivity index is 1.72. The molecule has 1 N–H and O–H groups in total. The van der Waals surface area contributed by atoms with E-state index in [4.69, 9.17) is 5.11 Å². The SMILES string of the molecule is O=C(O)CN1CCCC1CCCn1cccn1. The summed E-state index contributed by atoms with van der Waals surface area (Å²) in [4.78, 5) is 12.8. The number of rotatable bonds is 6. The number of nitrogens with zero attached hydrogens (tertiary/aromatic N) is 3. The Bertz CT molecular complexity index is 351. The first-order chi connectivity index (χ1) is 8.25. The minimum absolute atomic E-state index is 0.187. The molecule has 1 atom stereocenters. The highest BCUT2D eigenvalue weighted by Gasteiger charge is 2.25. The van der Waals surface area contributed by atoms with Gasteiger partial charge in [0.2, 0.25) is 0 Å². The van der Waals surface area contributed by atoms with Crippen molar-refractivity contribution < 1.29 is 9.90 Å². The Morgan fingerprint density at radius 2 is 2.41 bits per heavy atom. The number of carboxylic acids is 1. The van der Waals surface area contributed by atoms with Gasteiger partial charge in [0.1, 0.15) is 0 Å². The monoisotopic (exact) mass is 237 g/mol. The van der Waals surface area contributed by atoms with Crippen molar-refractivity contribution in [1.82, 2.24) is 14.7 Å². The zero-order chi connectivity index (χ0) is 12.1. The van der Waals surface area contributed by atoms with Gasteiger partial charge in [-0.2, -0.15) is 5.10 Å². The van der Waals surface area contributed by atoms with Crippen LogP contribution in [0.4, 0.5) is 0 Å². The molecule has 1 aromatic rings. The van der Waals surface area contributed by atoms with E-state index in [1.165, 1.54) is 0 Å². The summed E-state index contributed by atoms with van der Waals surface area (Å²) >= 11 is 0. The largest absolute Gasteiger partial charge is 0.480 e. The van der Waals surface area contributed by atoms with Crippen molar-refractivity contribution in [2.24, 2.45) is 0 Å². The third-order valence-electron chi connectivity index (χ3n) is 3.32. The van der Waals surface area contributed by atoms with Gasteiger partial charge in [-0.3, -0.25) is 14.4 Å². The molecule has 17 heavy (non-hydrogen) atoms. The lowest BCUT2D eigenvalue weighted by atomic mass is 10.1. The molecule has 0 radical (unpaired) electrons. The Morgan fingerprint density at radius 3 is 3.12 bits per heavy atom. The standard InChI is InChI=1S/C12H19N3O2/c16-12(17)10-14-7-1-4-11(14)5-2-8-15-9-3-6-13-15/h3,6,9,11H,1-2,4-5,7-8,10H2,(H,16,17). The summed E-state index contributed by atoms with van der Waals surface area (Å²) in [5, 5.41) is 13.0. The summed E-state index contributed by atoms with van der Waals surface area (Å²) in [5.74, 6) is -0.719. The van der Waals surface area contributed by atoms with Gasteiger partial charge >= 0.3 is 5.97 Å². The Morgan fingerprint density at radius 1 is 1.53 bits per heavy atom. The maximum atomic E-state index is 10.7. The Kier molecular flexibility index (Phi) is 4.14. The minimum atomic E-state index is -0.719. The van der Waals surface area contributed by atoms with Crippen molar-refractivity contribution in [3.63, 3.8) is 0 Å². The second-order valence-electron chi connectivity index (χ2n) is 4.57. The van der Waals surface area contributed by atoms with E-state index in [2.05, 4.69) is 10.00 Å². The topological polar surface area (TPSA) is 58.4 Å². The first kappa shape index (κ1) is 12.1. The van der Waals surface area contributed by atoms with Crippen molar-refractivity contribution in [3.8, 4) is 0 Å². The smallest absolute Gasteiger partial charge is 0.317 e. The fourth-order valence-electron chi connectivity index (χ4n) is 2.53. The lowest BCUT2D eigenvalue weighted by Crippen LogP contribution is -2.34. The van der Waals surface area contributed by atoms with Crippen LogP contribution in [0.2, 0.25) is 0 Å². The summed E-state index contributed by atoms with van der Waals surface area (Å²) in [6, 6.07) is 2.37. The second kappa shape index (κ2) is 5.82. The van der Waals surface area contributed by atoms with Crippen LogP contribution in [-0.4, -0.2) is 44.9 Å². The molecule has 5 heteroatoms. The maximum Gasteiger partial charge on any atom is 0.317 e. The van der Waals surface area contributed by atoms with Crippen LogP contribution in [0, 0.1) is 0 Å². The zero-order valence-electron chi connectivity index (χ0n) is 9.96. The summed E-state index contributed by atoms with van der Waals surface area (Å²) in [5.41, 5.74) is 0. The van der Waals surface area contributed by atoms with Crippen LogP contribution >= 0.6 is 0 Å². The fourth-order valence-corrected chi connectivity index (χ4v) is 2.53. The third-order valence-corrected chi connectivity index (χ3v) is 3.32. The van der Waals surface area contributed by atoms with Gasteiger partial charge in [0, 0.05) is 25.0 Å². The van der Waals surface area contributed by atoms with Crippen molar-refractivity contribution in [2.75, 3.05) is 13.1 Å². The van der Waals surface area contributed by atoms with Gasteiger partial charge in [0.25, 0.3) is 0 Å². The molecule has 0 aromatic carbocycles. The molecule has 2 heterocycles. The van der Waals surface area contributed by atoms with Crippen molar-refractivity contribution in [1.29, 1.82) is 0 Å². The highest BCUT2D eigenvalue weighted by Crippen LogP contribution is 2.21. The van der Waals surface area contributed by atoms with E-state index in [1.807, 2.05) is 16.9 Å². The number of hydrogen-bond acceptors (Lipinski definition) is 3. The lowest BCUT2D eigenvalue weighted by Gasteiger charge is -2.22. The van der Waals surface area contributed by atoms with Gasteiger partial charge in [-0.25, -0.2) is 0 Å². The number of aryl methyl sites for hydroxylation is 1. The molecule has 0 bridgehead atoms. The molecule has 94 valence electrons. The maximum absolute atomic E-state index is 10.7. The molecule has 2 rings (SSSR count). The van der Waals surface area contributed by atoms with E-state index >= 15 is 0 Å². The van der Waals surface area contributed by atoms with Crippen molar-refractivity contribution in [2.45, 2.75) is 38.3 Å². The molecule has 1 aromatic heterocycles. The number of aromatic nitrogens is 2. The van der Waals surface area contributed by atoms with Crippen LogP contribution in [0.3, 0.4) is 0 Å². The number of carbonyl (C=O) groups is 1. The molecular weight excluding hydrogens is 218 g/mol. The van der Waals surface area contributed by atoms with Gasteiger partial charge in [-0.05, 0) is 38.3 Å². The second-order valence-corrected chi connectivity index (χ2v) is 4.57. The molecule has 1 fully saturated rings. The molecule has 1 unspecified atom stereocenters. The molecule has 0 amide bonds. The van der Waals surface area contributed by atoms with E-state index in [0.717, 1.165) is 38.8 Å². The average molecular weight is 237 g/mol. The van der Waals surface area contributed by atoms with Crippen LogP contribution in [0.5, 0.6) is 0 Å². The normalized spacial score (nSPS) is 20.8. The predicted molar refractivity (Wildman–Crippen MR) is 63.7 cm³/mol. The highest BCUT2D eigenvalue weighted by molar-refractivity contribution is 5.69. The predicted octanol–water partition coefficient (Wildman–Crippen LogP) is 1.21. The first-order valence-corrected chi connectivity index (χ1v) is 6.19. The lowest BCUT2D eigenvalue weighted by molar-refractivity contribution is -0.138. The van der Waals surface area contributed by atoms with E-state index < -0.39 is 5.97 Å². The van der Waals surface area contributed by atoms with Crippen molar-refractivity contribution >= 4 is 5.97 Å². The summed E-state index contributed by atoms with van der Waals surface area (Å²) in [7, 11) is 0. The van der Waals surface area contributed by atoms with Gasteiger partial charge in [0.15, 0.2) is 0 Å². The van der Waals surface area contributed by atoms with Gasteiger partial charge < -0.3 is 5.11 Å². The Labute approximate surface area is 101 Å². The molecule has 0 saturated carbocycles. The van der Waals surface area contributed by atoms with Crippen LogP contribution in [-0.2, 0) is 11.3 Å². The Hall–Kier alpha value is -1.36. The summed E-state index contributed by atoms with van der Waals surface area (Å²) in [6.45, 7) is 2.04. The van der Waals surface area contributed by atoms with Gasteiger partial charge in [-0.15, -0.1) is 0 Å². The van der Waals surface area contributed by atoms with E-state index in [-0.39, 0.29) is 6.54 Å². The number of carboxylic acid groups (broad SMARTS) is 1. The van der Waals surface area contributed by atoms with E-state index in [0.29, 0.717) is 6.04 Å². The molecular formula is C12H19N3O2. The van der Waals surface area contributed by atoms with Crippen LogP contribution < -0.4 is 0 Å². The third kappa shape index (κ3) is 3.56. The minimum Gasteiger partial charge on any atom is -0.480 e. The number of aliphatic carboxylic acids is 1.